The van der Waals surface area contributed by atoms with Gasteiger partial charge in [0.2, 0.25) is 17.5 Å². The molecule has 2 aliphatic heterocycles. The Morgan fingerprint density at radius 3 is 2.25 bits per heavy atom. The maximum absolute atomic E-state index is 14.0. The van der Waals surface area contributed by atoms with Crippen LogP contribution in [-0.2, 0) is 63.7 Å². The van der Waals surface area contributed by atoms with Crippen LogP contribution >= 0.6 is 0 Å². The van der Waals surface area contributed by atoms with Gasteiger partial charge in [0.05, 0.1) is 14.2 Å². The molecule has 1 aromatic carbocycles. The van der Waals surface area contributed by atoms with Gasteiger partial charge in [-0.15, -0.1) is 0 Å². The molecule has 0 amide bonds. The lowest BCUT2D eigenvalue weighted by Crippen LogP contribution is -2.78. The molecule has 16 heteroatoms. The van der Waals surface area contributed by atoms with E-state index >= 15 is 0 Å². The van der Waals surface area contributed by atoms with Crippen LogP contribution in [0.2, 0.25) is 0 Å². The van der Waals surface area contributed by atoms with Gasteiger partial charge in [-0.1, -0.05) is 82.3 Å². The highest BCUT2D eigenvalue weighted by molar-refractivity contribution is 5.99. The van der Waals surface area contributed by atoms with E-state index in [1.54, 1.807) is 6.08 Å². The van der Waals surface area contributed by atoms with Crippen molar-refractivity contribution in [2.24, 2.45) is 28.6 Å². The van der Waals surface area contributed by atoms with Gasteiger partial charge in [-0.05, 0) is 49.2 Å². The lowest BCUT2D eigenvalue weighted by Gasteiger charge is -2.49. The molecule has 0 radical (unpaired) electrons. The van der Waals surface area contributed by atoms with E-state index in [4.69, 9.17) is 39.0 Å². The summed E-state index contributed by atoms with van der Waals surface area (Å²) in [4.78, 5) is 71.8. The second-order valence-corrected chi connectivity index (χ2v) is 14.3. The van der Waals surface area contributed by atoms with Crippen molar-refractivity contribution < 1.29 is 67.4 Å². The zero-order valence-corrected chi connectivity index (χ0v) is 32.6. The Kier molecular flexibility index (Phi) is 15.3. The number of hydrogen-bond acceptors (Lipinski definition) is 15. The number of aliphatic hydroxyl groups is 2. The number of benzene rings is 1. The number of ether oxygens (including phenoxy) is 6. The first-order valence-electron chi connectivity index (χ1n) is 18.1. The molecule has 2 aliphatic rings. The highest BCUT2D eigenvalue weighted by Crippen LogP contribution is 2.56. The van der Waals surface area contributed by atoms with Crippen LogP contribution in [-0.4, -0.2) is 102 Å². The molecule has 304 valence electrons. The van der Waals surface area contributed by atoms with E-state index in [9.17, 15) is 34.2 Å². The first kappa shape index (κ1) is 44.8. The summed E-state index contributed by atoms with van der Waals surface area (Å²) >= 11 is 0. The minimum Gasteiger partial charge on any atom is -0.467 e. The third-order valence-corrected chi connectivity index (χ3v) is 9.90. The fourth-order valence-corrected chi connectivity index (χ4v) is 7.02. The first-order chi connectivity index (χ1) is 25.8. The van der Waals surface area contributed by atoms with Crippen molar-refractivity contribution in [3.05, 3.63) is 60.2 Å². The van der Waals surface area contributed by atoms with Gasteiger partial charge in [0.25, 0.3) is 5.60 Å². The Bertz CT molecular complexity index is 1630. The van der Waals surface area contributed by atoms with E-state index in [1.165, 1.54) is 13.8 Å². The predicted molar refractivity (Wildman–Crippen MR) is 195 cm³/mol. The standard InChI is InChI=1S/C39H54N2O14/c1-10-22(2)20-23(3)16-17-29(43)52-32-31(44)37(19-18-24(4)30(51-27(7)42)25(5)21-28-14-12-11-13-15-28)53-33(34(45)54-41-26(6)40)38(48,35(46)49-8)39(32,55-37)36(47)50-9/h11-17,22-23,25,30-33,44,48H,4,10,18-21H2,1-3,5-9H3,(H2,40,41)/b17-16+/t22-,23+,25+,30+,31+,32+,33+,37-,38+,39-/m0/s1. The number of carbonyl (C=O) groups is 5. The fraction of sp³-hybridized carbons (Fsp3) is 0.590. The Labute approximate surface area is 320 Å². The van der Waals surface area contributed by atoms with E-state index in [-0.39, 0.29) is 24.1 Å². The number of nitrogens with zero attached hydrogens (tertiary/aromatic N) is 1. The molecule has 2 fully saturated rings. The van der Waals surface area contributed by atoms with Crippen LogP contribution in [0.5, 0.6) is 0 Å². The molecule has 1 aromatic rings. The zero-order chi connectivity index (χ0) is 41.3. The zero-order valence-electron chi connectivity index (χ0n) is 32.6. The lowest BCUT2D eigenvalue weighted by atomic mass is 9.74. The summed E-state index contributed by atoms with van der Waals surface area (Å²) in [6.45, 7) is 14.5. The third kappa shape index (κ3) is 9.61. The minimum absolute atomic E-state index is 0.0890. The van der Waals surface area contributed by atoms with E-state index in [0.29, 0.717) is 17.9 Å². The molecule has 0 spiro atoms. The van der Waals surface area contributed by atoms with Crippen molar-refractivity contribution in [3.8, 4) is 0 Å². The molecule has 0 saturated carbocycles. The Balaban J connectivity index is 2.16. The van der Waals surface area contributed by atoms with Gasteiger partial charge in [-0.25, -0.2) is 19.2 Å². The molecule has 2 heterocycles. The number of aliphatic hydroxyl groups excluding tert-OH is 1. The van der Waals surface area contributed by atoms with Gasteiger partial charge < -0.3 is 49.2 Å². The van der Waals surface area contributed by atoms with E-state index in [2.05, 4.69) is 18.7 Å². The summed E-state index contributed by atoms with van der Waals surface area (Å²) < 4.78 is 33.3. The Morgan fingerprint density at radius 2 is 1.69 bits per heavy atom. The van der Waals surface area contributed by atoms with Gasteiger partial charge >= 0.3 is 29.8 Å². The number of esters is 4. The molecule has 0 aromatic heterocycles. The number of fused-ring (bicyclic) bond motifs is 2. The molecule has 16 nitrogen and oxygen atoms in total. The largest absolute Gasteiger partial charge is 0.467 e. The number of oxime groups is 1. The average Bonchev–Trinajstić information content (AvgIpc) is 3.36. The Morgan fingerprint density at radius 1 is 1.05 bits per heavy atom. The molecule has 4 N–H and O–H groups in total. The molecule has 2 saturated heterocycles. The van der Waals surface area contributed by atoms with Crippen molar-refractivity contribution >= 4 is 35.7 Å². The summed E-state index contributed by atoms with van der Waals surface area (Å²) in [6, 6.07) is 9.43. The molecule has 55 heavy (non-hydrogen) atoms. The second-order valence-electron chi connectivity index (χ2n) is 14.3. The number of amidine groups is 1. The van der Waals surface area contributed by atoms with Crippen LogP contribution in [0.1, 0.15) is 72.8 Å². The van der Waals surface area contributed by atoms with Gasteiger partial charge in [0, 0.05) is 25.3 Å². The Hall–Kier alpha value is -4.64. The van der Waals surface area contributed by atoms with Crippen molar-refractivity contribution in [2.45, 2.75) is 115 Å². The van der Waals surface area contributed by atoms with Crippen LogP contribution in [0.15, 0.2) is 59.8 Å². The average molecular weight is 775 g/mol. The maximum Gasteiger partial charge on any atom is 0.367 e. The third-order valence-electron chi connectivity index (χ3n) is 9.90. The molecular formula is C39H54N2O14. The normalized spacial score (nSPS) is 28.3. The molecule has 0 aliphatic carbocycles. The van der Waals surface area contributed by atoms with Crippen LogP contribution < -0.4 is 5.73 Å². The SMILES string of the molecule is C=C(CC[C@]12O[C@H](C(=O)O/N=C(\C)N)[C@@](O)(C(=O)OC)[C@](C(=O)OC)(O1)[C@H](OC(=O)/C=C/[C@@H](C)C[C@@H](C)CC)[C@H]2O)[C@@H](OC(C)=O)[C@H](C)Cc1ccccc1. The van der Waals surface area contributed by atoms with Crippen LogP contribution in [0, 0.1) is 17.8 Å². The highest BCUT2D eigenvalue weighted by Gasteiger charge is 2.86. The molecule has 3 rings (SSSR count). The fourth-order valence-electron chi connectivity index (χ4n) is 7.02. The molecule has 10 atom stereocenters. The number of carbonyl (C=O) groups excluding carboxylic acids is 5. The molecule has 2 bridgehead atoms. The number of methoxy groups -OCH3 is 2. The number of rotatable bonds is 18. The summed E-state index contributed by atoms with van der Waals surface area (Å²) in [5.74, 6) is -9.32. The van der Waals surface area contributed by atoms with Crippen LogP contribution in [0.4, 0.5) is 0 Å². The lowest BCUT2D eigenvalue weighted by molar-refractivity contribution is -0.375. The van der Waals surface area contributed by atoms with Gasteiger partial charge in [-0.2, -0.15) is 0 Å². The maximum atomic E-state index is 14.0. The van der Waals surface area contributed by atoms with Crippen LogP contribution in [0.25, 0.3) is 0 Å². The number of nitrogens with two attached hydrogens (primary N) is 1. The quantitative estimate of drug-likeness (QED) is 0.0285. The number of allylic oxidation sites excluding steroid dienone is 1. The minimum atomic E-state index is -3.54. The van der Waals surface area contributed by atoms with Crippen molar-refractivity contribution in [3.63, 3.8) is 0 Å². The predicted octanol–water partition coefficient (Wildman–Crippen LogP) is 2.81. The van der Waals surface area contributed by atoms with E-state index in [1.807, 2.05) is 51.1 Å². The summed E-state index contributed by atoms with van der Waals surface area (Å²) in [6.07, 6.45) is -3.77. The second kappa shape index (κ2) is 18.8. The smallest absolute Gasteiger partial charge is 0.367 e. The summed E-state index contributed by atoms with van der Waals surface area (Å²) in [5, 5.41) is 27.8. The highest BCUT2D eigenvalue weighted by atomic mass is 16.8. The summed E-state index contributed by atoms with van der Waals surface area (Å²) in [7, 11) is 1.71. The first-order valence-corrected chi connectivity index (χ1v) is 18.1. The van der Waals surface area contributed by atoms with Gasteiger partial charge in [0.1, 0.15) is 18.0 Å². The van der Waals surface area contributed by atoms with Gasteiger partial charge in [0.15, 0.2) is 6.10 Å². The van der Waals surface area contributed by atoms with Crippen molar-refractivity contribution in [1.82, 2.24) is 0 Å². The van der Waals surface area contributed by atoms with Crippen LogP contribution in [0.3, 0.4) is 0 Å². The monoisotopic (exact) mass is 774 g/mol. The van der Waals surface area contributed by atoms with Crippen molar-refractivity contribution in [1.29, 1.82) is 0 Å². The molecule has 0 unspecified atom stereocenters. The summed E-state index contributed by atoms with van der Waals surface area (Å²) in [5.41, 5.74) is 0.0652. The molecular weight excluding hydrogens is 720 g/mol. The van der Waals surface area contributed by atoms with Crippen molar-refractivity contribution in [2.75, 3.05) is 14.2 Å². The topological polar surface area (TPSA) is 229 Å². The van der Waals surface area contributed by atoms with E-state index in [0.717, 1.165) is 38.7 Å². The van der Waals surface area contributed by atoms with Gasteiger partial charge in [-0.3, -0.25) is 4.79 Å². The van der Waals surface area contributed by atoms with E-state index < -0.39 is 77.7 Å². The number of hydrogen-bond donors (Lipinski definition) is 3.